The molecule has 1 aliphatic rings. The average Bonchev–Trinajstić information content (AvgIpc) is 3.31. The van der Waals surface area contributed by atoms with Gasteiger partial charge in [-0.2, -0.15) is 5.26 Å². The molecule has 0 spiro atoms. The number of rotatable bonds is 5. The molecule has 0 unspecified atom stereocenters. The predicted molar refractivity (Wildman–Crippen MR) is 119 cm³/mol. The lowest BCUT2D eigenvalue weighted by molar-refractivity contribution is -0.131. The fraction of sp³-hybridized carbons (Fsp3) is 0.250. The number of hydrogen-bond acceptors (Lipinski definition) is 4. The molecule has 0 saturated carbocycles. The summed E-state index contributed by atoms with van der Waals surface area (Å²) in [4.78, 5) is 30.0. The Labute approximate surface area is 188 Å². The summed E-state index contributed by atoms with van der Waals surface area (Å²) >= 11 is 0. The lowest BCUT2D eigenvalue weighted by Crippen LogP contribution is -2.43. The lowest BCUT2D eigenvalue weighted by Gasteiger charge is -2.19. The molecule has 1 aliphatic heterocycles. The summed E-state index contributed by atoms with van der Waals surface area (Å²) in [5.74, 6) is -4.37. The number of halogens is 2. The van der Waals surface area contributed by atoms with E-state index >= 15 is 0 Å². The Morgan fingerprint density at radius 2 is 2.03 bits per heavy atom. The number of nitrogens with one attached hydrogen (secondary N) is 1. The molecule has 2 aromatic heterocycles. The Hall–Kier alpha value is -4.06. The first-order valence-corrected chi connectivity index (χ1v) is 10.3. The van der Waals surface area contributed by atoms with Gasteiger partial charge < -0.3 is 14.8 Å². The van der Waals surface area contributed by atoms with Crippen LogP contribution >= 0.6 is 0 Å². The van der Waals surface area contributed by atoms with Crippen LogP contribution in [0.5, 0.6) is 0 Å². The molecule has 1 N–H and O–H groups in total. The van der Waals surface area contributed by atoms with Gasteiger partial charge in [0.05, 0.1) is 19.2 Å². The van der Waals surface area contributed by atoms with Crippen molar-refractivity contribution in [1.29, 1.82) is 5.26 Å². The Balaban J connectivity index is 1.48. The van der Waals surface area contributed by atoms with Crippen LogP contribution in [0.3, 0.4) is 0 Å². The number of nitrogens with zero attached hydrogens (tertiary/aromatic N) is 4. The van der Waals surface area contributed by atoms with Crippen molar-refractivity contribution in [3.63, 3.8) is 0 Å². The minimum atomic E-state index is -3.11. The number of amides is 2. The first-order valence-electron chi connectivity index (χ1n) is 10.3. The van der Waals surface area contributed by atoms with Gasteiger partial charge in [-0.1, -0.05) is 30.4 Å². The second-order valence-corrected chi connectivity index (χ2v) is 7.92. The topological polar surface area (TPSA) is 91.0 Å². The molecule has 1 atom stereocenters. The molecule has 0 aliphatic carbocycles. The van der Waals surface area contributed by atoms with Gasteiger partial charge in [0.15, 0.2) is 0 Å². The summed E-state index contributed by atoms with van der Waals surface area (Å²) in [6.45, 7) is -1.31. The van der Waals surface area contributed by atoms with E-state index < -0.39 is 43.3 Å². The monoisotopic (exact) mass is 449 g/mol. The SMILES string of the molecule is Cn1cc(/C=C/c2cnccc2C(=O)NCC(=O)N2CC(F)(F)C[C@H]2C#N)c2ccccc21. The van der Waals surface area contributed by atoms with E-state index in [-0.39, 0.29) is 5.56 Å². The Morgan fingerprint density at radius 1 is 1.27 bits per heavy atom. The summed E-state index contributed by atoms with van der Waals surface area (Å²) < 4.78 is 29.2. The van der Waals surface area contributed by atoms with Crippen LogP contribution < -0.4 is 5.32 Å². The van der Waals surface area contributed by atoms with Crippen molar-refractivity contribution in [2.45, 2.75) is 18.4 Å². The van der Waals surface area contributed by atoms with Crippen molar-refractivity contribution in [3.8, 4) is 6.07 Å². The van der Waals surface area contributed by atoms with Gasteiger partial charge in [-0.3, -0.25) is 14.6 Å². The Kier molecular flexibility index (Phi) is 5.92. The normalized spacial score (nSPS) is 17.4. The Bertz CT molecular complexity index is 1290. The highest BCUT2D eigenvalue weighted by Crippen LogP contribution is 2.31. The number of aromatic nitrogens is 2. The van der Waals surface area contributed by atoms with E-state index in [0.717, 1.165) is 21.4 Å². The summed E-state index contributed by atoms with van der Waals surface area (Å²) in [5, 5.41) is 12.6. The molecule has 4 rings (SSSR count). The number of hydrogen-bond donors (Lipinski definition) is 1. The molecular formula is C24H21F2N5O2. The highest BCUT2D eigenvalue weighted by atomic mass is 19.3. The van der Waals surface area contributed by atoms with Crippen molar-refractivity contribution in [2.75, 3.05) is 13.1 Å². The standard InChI is InChI=1S/C24H21F2N5O2/c1-30-14-17(19-4-2-3-5-21(19)30)7-6-16-12-28-9-8-20(16)23(33)29-13-22(32)31-15-24(25,26)10-18(31)11-27/h2-9,12,14,18H,10,13,15H2,1H3,(H,29,33)/b7-6+/t18-/m0/s1. The molecule has 33 heavy (non-hydrogen) atoms. The quantitative estimate of drug-likeness (QED) is 0.648. The van der Waals surface area contributed by atoms with E-state index in [0.29, 0.717) is 5.56 Å². The van der Waals surface area contributed by atoms with Crippen molar-refractivity contribution in [1.82, 2.24) is 19.8 Å². The van der Waals surface area contributed by atoms with Crippen molar-refractivity contribution in [2.24, 2.45) is 7.05 Å². The molecule has 1 fully saturated rings. The number of pyridine rings is 1. The van der Waals surface area contributed by atoms with Gasteiger partial charge in [0.1, 0.15) is 6.04 Å². The number of nitriles is 1. The minimum Gasteiger partial charge on any atom is -0.350 e. The second-order valence-electron chi connectivity index (χ2n) is 7.92. The van der Waals surface area contributed by atoms with Crippen LogP contribution in [-0.4, -0.2) is 51.3 Å². The van der Waals surface area contributed by atoms with Crippen LogP contribution in [0.2, 0.25) is 0 Å². The first-order chi connectivity index (χ1) is 15.8. The van der Waals surface area contributed by atoms with Gasteiger partial charge >= 0.3 is 0 Å². The zero-order chi connectivity index (χ0) is 23.6. The number of para-hydroxylation sites is 1. The van der Waals surface area contributed by atoms with Gasteiger partial charge in [-0.15, -0.1) is 0 Å². The molecule has 1 saturated heterocycles. The number of alkyl halides is 2. The number of fused-ring (bicyclic) bond motifs is 1. The van der Waals surface area contributed by atoms with Crippen molar-refractivity contribution >= 4 is 34.9 Å². The number of benzene rings is 1. The molecule has 3 heterocycles. The molecule has 3 aromatic rings. The van der Waals surface area contributed by atoms with Crippen molar-refractivity contribution in [3.05, 3.63) is 65.6 Å². The maximum Gasteiger partial charge on any atom is 0.268 e. The van der Waals surface area contributed by atoms with Crippen LogP contribution in [0.25, 0.3) is 23.1 Å². The fourth-order valence-corrected chi connectivity index (χ4v) is 3.98. The third-order valence-corrected chi connectivity index (χ3v) is 5.61. The zero-order valence-electron chi connectivity index (χ0n) is 17.8. The average molecular weight is 449 g/mol. The Morgan fingerprint density at radius 3 is 2.82 bits per heavy atom. The van der Waals surface area contributed by atoms with Crippen LogP contribution in [-0.2, 0) is 11.8 Å². The van der Waals surface area contributed by atoms with Crippen LogP contribution in [0.1, 0.15) is 27.9 Å². The summed E-state index contributed by atoms with van der Waals surface area (Å²) in [6, 6.07) is 9.97. The van der Waals surface area contributed by atoms with Gasteiger partial charge in [0.25, 0.3) is 11.8 Å². The number of carbonyl (C=O) groups is 2. The van der Waals surface area contributed by atoms with Crippen LogP contribution in [0.4, 0.5) is 8.78 Å². The van der Waals surface area contributed by atoms with Crippen LogP contribution in [0, 0.1) is 11.3 Å². The zero-order valence-corrected chi connectivity index (χ0v) is 17.8. The summed E-state index contributed by atoms with van der Waals surface area (Å²) in [7, 11) is 1.95. The smallest absolute Gasteiger partial charge is 0.268 e. The number of aryl methyl sites for hydroxylation is 1. The molecule has 7 nitrogen and oxygen atoms in total. The maximum absolute atomic E-state index is 13.6. The van der Waals surface area contributed by atoms with Gasteiger partial charge in [-0.25, -0.2) is 8.78 Å². The maximum atomic E-state index is 13.6. The van der Waals surface area contributed by atoms with E-state index in [4.69, 9.17) is 5.26 Å². The van der Waals surface area contributed by atoms with E-state index in [2.05, 4.69) is 10.3 Å². The highest BCUT2D eigenvalue weighted by Gasteiger charge is 2.47. The van der Waals surface area contributed by atoms with E-state index in [1.165, 1.54) is 18.5 Å². The van der Waals surface area contributed by atoms with E-state index in [1.54, 1.807) is 12.1 Å². The molecule has 1 aromatic carbocycles. The predicted octanol–water partition coefficient (Wildman–Crippen LogP) is 3.23. The largest absolute Gasteiger partial charge is 0.350 e. The minimum absolute atomic E-state index is 0.290. The summed E-state index contributed by atoms with van der Waals surface area (Å²) in [6.07, 6.45) is 7.91. The van der Waals surface area contributed by atoms with Gasteiger partial charge in [0, 0.05) is 54.1 Å². The highest BCUT2D eigenvalue weighted by molar-refractivity contribution is 6.01. The lowest BCUT2D eigenvalue weighted by atomic mass is 10.1. The van der Waals surface area contributed by atoms with Gasteiger partial charge in [0.2, 0.25) is 5.91 Å². The molecule has 168 valence electrons. The van der Waals surface area contributed by atoms with E-state index in [9.17, 15) is 18.4 Å². The molecule has 2 amide bonds. The third kappa shape index (κ3) is 4.60. The third-order valence-electron chi connectivity index (χ3n) is 5.61. The molecule has 0 bridgehead atoms. The number of likely N-dealkylation sites (tertiary alicyclic amines) is 1. The molecular weight excluding hydrogens is 428 g/mol. The van der Waals surface area contributed by atoms with Gasteiger partial charge in [-0.05, 0) is 17.7 Å². The van der Waals surface area contributed by atoms with E-state index in [1.807, 2.05) is 48.2 Å². The molecule has 0 radical (unpaired) electrons. The fourth-order valence-electron chi connectivity index (χ4n) is 3.98. The molecule has 9 heteroatoms. The second kappa shape index (κ2) is 8.82. The first kappa shape index (κ1) is 22.1. The number of carbonyl (C=O) groups excluding carboxylic acids is 2. The van der Waals surface area contributed by atoms with Crippen molar-refractivity contribution < 1.29 is 18.4 Å². The van der Waals surface area contributed by atoms with Crippen LogP contribution in [0.15, 0.2) is 48.9 Å². The summed E-state index contributed by atoms with van der Waals surface area (Å²) in [5.41, 5.74) is 2.87.